The standard InChI is InChI=1S/C10H16N4O4/c1-10(2,9(17)18)3-6-4-14(13-12-6)5-7(11)8(15)16/h4,7H,3,5,11H2,1-2H3,(H,15,16)(H,17,18)/t7-/m0/s1. The smallest absolute Gasteiger partial charge is 0.322 e. The summed E-state index contributed by atoms with van der Waals surface area (Å²) in [5, 5.41) is 25.1. The third-order valence-corrected chi connectivity index (χ3v) is 2.49. The Hall–Kier alpha value is -1.96. The molecule has 0 amide bonds. The third kappa shape index (κ3) is 3.52. The monoisotopic (exact) mass is 256 g/mol. The average molecular weight is 256 g/mol. The van der Waals surface area contributed by atoms with Crippen molar-refractivity contribution in [1.82, 2.24) is 15.0 Å². The predicted octanol–water partition coefficient (Wildman–Crippen LogP) is -0.657. The van der Waals surface area contributed by atoms with Gasteiger partial charge in [-0.15, -0.1) is 5.10 Å². The van der Waals surface area contributed by atoms with Crippen molar-refractivity contribution in [1.29, 1.82) is 0 Å². The molecular formula is C10H16N4O4. The van der Waals surface area contributed by atoms with Crippen LogP contribution in [0.1, 0.15) is 19.5 Å². The molecule has 0 unspecified atom stereocenters. The van der Waals surface area contributed by atoms with E-state index in [9.17, 15) is 9.59 Å². The molecule has 8 heteroatoms. The first-order valence-corrected chi connectivity index (χ1v) is 5.33. The molecule has 1 aromatic rings. The Bertz CT molecular complexity index is 454. The van der Waals surface area contributed by atoms with E-state index in [1.165, 1.54) is 10.9 Å². The van der Waals surface area contributed by atoms with Gasteiger partial charge in [0.25, 0.3) is 0 Å². The lowest BCUT2D eigenvalue weighted by atomic mass is 9.88. The highest BCUT2D eigenvalue weighted by Crippen LogP contribution is 2.20. The van der Waals surface area contributed by atoms with Crippen molar-refractivity contribution in [2.45, 2.75) is 32.9 Å². The van der Waals surface area contributed by atoms with Crippen molar-refractivity contribution in [3.8, 4) is 0 Å². The van der Waals surface area contributed by atoms with E-state index >= 15 is 0 Å². The molecule has 1 atom stereocenters. The molecule has 0 fully saturated rings. The normalized spacial score (nSPS) is 13.3. The second-order valence-electron chi connectivity index (χ2n) is 4.74. The molecule has 0 saturated heterocycles. The number of hydrogen-bond acceptors (Lipinski definition) is 5. The fraction of sp³-hybridized carbons (Fsp3) is 0.600. The van der Waals surface area contributed by atoms with Crippen LogP contribution in [-0.4, -0.2) is 43.2 Å². The Kier molecular flexibility index (Phi) is 4.02. The molecule has 0 radical (unpaired) electrons. The summed E-state index contributed by atoms with van der Waals surface area (Å²) < 4.78 is 1.30. The molecule has 0 bridgehead atoms. The van der Waals surface area contributed by atoms with Crippen LogP contribution in [0.2, 0.25) is 0 Å². The lowest BCUT2D eigenvalue weighted by Gasteiger charge is -2.16. The Morgan fingerprint density at radius 3 is 2.61 bits per heavy atom. The van der Waals surface area contributed by atoms with E-state index in [4.69, 9.17) is 15.9 Å². The second-order valence-corrected chi connectivity index (χ2v) is 4.74. The summed E-state index contributed by atoms with van der Waals surface area (Å²) in [7, 11) is 0. The van der Waals surface area contributed by atoms with Crippen molar-refractivity contribution in [3.05, 3.63) is 11.9 Å². The minimum atomic E-state index is -1.13. The summed E-state index contributed by atoms with van der Waals surface area (Å²) >= 11 is 0. The molecule has 1 rings (SSSR count). The molecule has 0 aliphatic heterocycles. The number of aliphatic carboxylic acids is 2. The fourth-order valence-corrected chi connectivity index (χ4v) is 1.32. The third-order valence-electron chi connectivity index (χ3n) is 2.49. The molecule has 0 saturated carbocycles. The van der Waals surface area contributed by atoms with Gasteiger partial charge in [-0.05, 0) is 13.8 Å². The van der Waals surface area contributed by atoms with Crippen LogP contribution in [0.4, 0.5) is 0 Å². The van der Waals surface area contributed by atoms with Crippen LogP contribution in [0.25, 0.3) is 0 Å². The van der Waals surface area contributed by atoms with E-state index in [-0.39, 0.29) is 13.0 Å². The maximum Gasteiger partial charge on any atom is 0.322 e. The number of carbonyl (C=O) groups is 2. The number of nitrogens with zero attached hydrogens (tertiary/aromatic N) is 3. The maximum atomic E-state index is 10.9. The lowest BCUT2D eigenvalue weighted by Crippen LogP contribution is -2.34. The zero-order valence-corrected chi connectivity index (χ0v) is 10.2. The van der Waals surface area contributed by atoms with Crippen LogP contribution in [0.5, 0.6) is 0 Å². The maximum absolute atomic E-state index is 10.9. The number of hydrogen-bond donors (Lipinski definition) is 3. The lowest BCUT2D eigenvalue weighted by molar-refractivity contribution is -0.146. The van der Waals surface area contributed by atoms with Gasteiger partial charge in [0.05, 0.1) is 17.7 Å². The van der Waals surface area contributed by atoms with E-state index < -0.39 is 23.4 Å². The molecule has 8 nitrogen and oxygen atoms in total. The van der Waals surface area contributed by atoms with Gasteiger partial charge in [0, 0.05) is 12.6 Å². The minimum Gasteiger partial charge on any atom is -0.481 e. The minimum absolute atomic E-state index is 0.00413. The SMILES string of the molecule is CC(C)(Cc1cn(C[C@H](N)C(=O)O)nn1)C(=O)O. The van der Waals surface area contributed by atoms with Crippen molar-refractivity contribution in [3.63, 3.8) is 0 Å². The first kappa shape index (κ1) is 14.1. The number of carboxylic acids is 2. The van der Waals surface area contributed by atoms with Gasteiger partial charge in [-0.25, -0.2) is 0 Å². The highest BCUT2D eigenvalue weighted by molar-refractivity contribution is 5.74. The number of carboxylic acid groups (broad SMARTS) is 2. The van der Waals surface area contributed by atoms with Gasteiger partial charge in [0.2, 0.25) is 0 Å². The zero-order chi connectivity index (χ0) is 13.9. The van der Waals surface area contributed by atoms with Crippen molar-refractivity contribution < 1.29 is 19.8 Å². The van der Waals surface area contributed by atoms with Gasteiger partial charge >= 0.3 is 11.9 Å². The first-order valence-electron chi connectivity index (χ1n) is 5.33. The largest absolute Gasteiger partial charge is 0.481 e. The van der Waals surface area contributed by atoms with E-state index in [2.05, 4.69) is 10.3 Å². The van der Waals surface area contributed by atoms with Crippen LogP contribution in [0.15, 0.2) is 6.20 Å². The molecule has 18 heavy (non-hydrogen) atoms. The van der Waals surface area contributed by atoms with E-state index in [1.807, 2.05) is 0 Å². The van der Waals surface area contributed by atoms with E-state index in [0.29, 0.717) is 5.69 Å². The number of nitrogens with two attached hydrogens (primary N) is 1. The molecule has 0 aliphatic carbocycles. The Morgan fingerprint density at radius 2 is 2.11 bits per heavy atom. The van der Waals surface area contributed by atoms with Crippen LogP contribution < -0.4 is 5.73 Å². The van der Waals surface area contributed by atoms with Crippen molar-refractivity contribution >= 4 is 11.9 Å². The van der Waals surface area contributed by atoms with E-state index in [1.54, 1.807) is 13.8 Å². The topological polar surface area (TPSA) is 131 Å². The molecule has 0 spiro atoms. The van der Waals surface area contributed by atoms with Gasteiger partial charge in [-0.1, -0.05) is 5.21 Å². The second kappa shape index (κ2) is 5.13. The van der Waals surface area contributed by atoms with Gasteiger partial charge in [0.1, 0.15) is 6.04 Å². The molecule has 0 aromatic carbocycles. The van der Waals surface area contributed by atoms with Crippen LogP contribution in [-0.2, 0) is 22.6 Å². The Labute approximate surface area is 103 Å². The molecule has 4 N–H and O–H groups in total. The molecule has 100 valence electrons. The van der Waals surface area contributed by atoms with Gasteiger partial charge in [-0.2, -0.15) is 0 Å². The highest BCUT2D eigenvalue weighted by Gasteiger charge is 2.28. The molecule has 1 aromatic heterocycles. The summed E-state index contributed by atoms with van der Waals surface area (Å²) in [6.45, 7) is 3.16. The summed E-state index contributed by atoms with van der Waals surface area (Å²) in [6.07, 6.45) is 1.72. The summed E-state index contributed by atoms with van der Waals surface area (Å²) in [5.74, 6) is -2.06. The van der Waals surface area contributed by atoms with Gasteiger partial charge in [0.15, 0.2) is 0 Å². The van der Waals surface area contributed by atoms with Gasteiger partial charge < -0.3 is 15.9 Å². The predicted molar refractivity (Wildman–Crippen MR) is 60.8 cm³/mol. The highest BCUT2D eigenvalue weighted by atomic mass is 16.4. The molecular weight excluding hydrogens is 240 g/mol. The van der Waals surface area contributed by atoms with Gasteiger partial charge in [-0.3, -0.25) is 14.3 Å². The average Bonchev–Trinajstić information content (AvgIpc) is 2.64. The van der Waals surface area contributed by atoms with Crippen LogP contribution >= 0.6 is 0 Å². The van der Waals surface area contributed by atoms with Crippen LogP contribution in [0, 0.1) is 5.41 Å². The van der Waals surface area contributed by atoms with E-state index in [0.717, 1.165) is 0 Å². The molecule has 1 heterocycles. The number of aromatic nitrogens is 3. The van der Waals surface area contributed by atoms with Crippen molar-refractivity contribution in [2.75, 3.05) is 0 Å². The Balaban J connectivity index is 2.70. The fourth-order valence-electron chi connectivity index (χ4n) is 1.32. The quantitative estimate of drug-likeness (QED) is 0.615. The summed E-state index contributed by atoms with van der Waals surface area (Å²) in [4.78, 5) is 21.5. The molecule has 0 aliphatic rings. The summed E-state index contributed by atoms with van der Waals surface area (Å²) in [5.41, 5.74) is 4.89. The summed E-state index contributed by atoms with van der Waals surface area (Å²) in [6, 6.07) is -1.06. The number of rotatable bonds is 6. The van der Waals surface area contributed by atoms with Crippen LogP contribution in [0.3, 0.4) is 0 Å². The Morgan fingerprint density at radius 1 is 1.50 bits per heavy atom. The zero-order valence-electron chi connectivity index (χ0n) is 10.2. The first-order chi connectivity index (χ1) is 8.22. The van der Waals surface area contributed by atoms with Crippen molar-refractivity contribution in [2.24, 2.45) is 11.1 Å².